The van der Waals surface area contributed by atoms with Crippen LogP contribution in [0.4, 0.5) is 11.4 Å². The lowest BCUT2D eigenvalue weighted by Gasteiger charge is -2.11. The van der Waals surface area contributed by atoms with Crippen molar-refractivity contribution < 1.29 is 4.74 Å². The van der Waals surface area contributed by atoms with Gasteiger partial charge >= 0.3 is 0 Å². The molecule has 0 fully saturated rings. The van der Waals surface area contributed by atoms with E-state index < -0.39 is 0 Å². The van der Waals surface area contributed by atoms with Crippen molar-refractivity contribution in [1.29, 1.82) is 0 Å². The molecule has 96 valence electrons. The molecule has 0 saturated carbocycles. The predicted molar refractivity (Wildman–Crippen MR) is 76.1 cm³/mol. The van der Waals surface area contributed by atoms with Crippen molar-refractivity contribution >= 4 is 22.7 Å². The number of benzene rings is 1. The Morgan fingerprint density at radius 2 is 2.33 bits per heavy atom. The van der Waals surface area contributed by atoms with Gasteiger partial charge in [0.1, 0.15) is 5.75 Å². The standard InChI is InChI=1S/C13H17N3OS/c1-2-5-17-13-6-10(3-4-12(13)14)16-8-11-7-15-9-18-11/h3-4,6-7,9,16H,2,5,8,14H2,1H3. The molecule has 1 heterocycles. The summed E-state index contributed by atoms with van der Waals surface area (Å²) in [5.41, 5.74) is 9.37. The van der Waals surface area contributed by atoms with Gasteiger partial charge in [0.25, 0.3) is 0 Å². The van der Waals surface area contributed by atoms with Crippen molar-refractivity contribution in [2.75, 3.05) is 17.7 Å². The fourth-order valence-electron chi connectivity index (χ4n) is 1.50. The molecule has 0 spiro atoms. The average molecular weight is 263 g/mol. The van der Waals surface area contributed by atoms with Gasteiger partial charge in [-0.2, -0.15) is 0 Å². The van der Waals surface area contributed by atoms with Crippen molar-refractivity contribution in [3.63, 3.8) is 0 Å². The topological polar surface area (TPSA) is 60.2 Å². The summed E-state index contributed by atoms with van der Waals surface area (Å²) < 4.78 is 5.59. The van der Waals surface area contributed by atoms with E-state index in [2.05, 4.69) is 17.2 Å². The molecule has 3 N–H and O–H groups in total. The van der Waals surface area contributed by atoms with Gasteiger partial charge in [-0.05, 0) is 18.6 Å². The lowest BCUT2D eigenvalue weighted by molar-refractivity contribution is 0.319. The molecule has 18 heavy (non-hydrogen) atoms. The number of rotatable bonds is 6. The number of nitrogens with one attached hydrogen (secondary N) is 1. The largest absolute Gasteiger partial charge is 0.491 e. The highest BCUT2D eigenvalue weighted by Crippen LogP contribution is 2.26. The van der Waals surface area contributed by atoms with Crippen LogP contribution in [0.25, 0.3) is 0 Å². The monoisotopic (exact) mass is 263 g/mol. The van der Waals surface area contributed by atoms with Crippen LogP contribution in [0.1, 0.15) is 18.2 Å². The number of anilines is 2. The van der Waals surface area contributed by atoms with E-state index in [0.29, 0.717) is 12.3 Å². The summed E-state index contributed by atoms with van der Waals surface area (Å²) in [6.45, 7) is 3.52. The van der Waals surface area contributed by atoms with Crippen LogP contribution in [0.15, 0.2) is 29.9 Å². The summed E-state index contributed by atoms with van der Waals surface area (Å²) in [6.07, 6.45) is 2.83. The van der Waals surface area contributed by atoms with Gasteiger partial charge in [-0.25, -0.2) is 0 Å². The molecule has 0 unspecified atom stereocenters. The molecular formula is C13H17N3OS. The SMILES string of the molecule is CCCOc1cc(NCc2cncs2)ccc1N. The molecule has 0 saturated heterocycles. The summed E-state index contributed by atoms with van der Waals surface area (Å²) in [4.78, 5) is 5.24. The maximum Gasteiger partial charge on any atom is 0.144 e. The highest BCUT2D eigenvalue weighted by Gasteiger charge is 2.02. The average Bonchev–Trinajstić information content (AvgIpc) is 2.89. The maximum atomic E-state index is 5.86. The molecule has 1 aromatic carbocycles. The molecule has 5 heteroatoms. The minimum atomic E-state index is 0.673. The molecule has 0 bridgehead atoms. The van der Waals surface area contributed by atoms with Crippen LogP contribution in [0.5, 0.6) is 5.75 Å². The molecule has 0 aliphatic heterocycles. The minimum Gasteiger partial charge on any atom is -0.491 e. The highest BCUT2D eigenvalue weighted by atomic mass is 32.1. The number of ether oxygens (including phenoxy) is 1. The Labute approximate surface area is 111 Å². The number of hydrogen-bond acceptors (Lipinski definition) is 5. The lowest BCUT2D eigenvalue weighted by atomic mass is 10.2. The third-order valence-electron chi connectivity index (χ3n) is 2.43. The quantitative estimate of drug-likeness (QED) is 0.786. The molecule has 0 aliphatic rings. The smallest absolute Gasteiger partial charge is 0.144 e. The van der Waals surface area contributed by atoms with Crippen LogP contribution in [0, 0.1) is 0 Å². The van der Waals surface area contributed by atoms with E-state index in [1.165, 1.54) is 4.88 Å². The first-order chi connectivity index (χ1) is 8.79. The first kappa shape index (κ1) is 12.7. The van der Waals surface area contributed by atoms with Gasteiger partial charge < -0.3 is 15.8 Å². The minimum absolute atomic E-state index is 0.673. The second kappa shape index (κ2) is 6.26. The van der Waals surface area contributed by atoms with E-state index in [-0.39, 0.29) is 0 Å². The molecule has 0 amide bonds. The Balaban J connectivity index is 2.00. The number of aromatic nitrogens is 1. The first-order valence-electron chi connectivity index (χ1n) is 5.93. The zero-order valence-electron chi connectivity index (χ0n) is 10.3. The third-order valence-corrected chi connectivity index (χ3v) is 3.21. The van der Waals surface area contributed by atoms with Gasteiger partial charge in [-0.1, -0.05) is 6.92 Å². The van der Waals surface area contributed by atoms with Crippen LogP contribution in [0.3, 0.4) is 0 Å². The summed E-state index contributed by atoms with van der Waals surface area (Å²) in [7, 11) is 0. The van der Waals surface area contributed by atoms with Crippen LogP contribution >= 0.6 is 11.3 Å². The Morgan fingerprint density at radius 3 is 3.06 bits per heavy atom. The maximum absolute atomic E-state index is 5.86. The van der Waals surface area contributed by atoms with Crippen LogP contribution < -0.4 is 15.8 Å². The molecule has 0 atom stereocenters. The van der Waals surface area contributed by atoms with Gasteiger partial charge in [0.05, 0.1) is 24.3 Å². The van der Waals surface area contributed by atoms with E-state index in [0.717, 1.165) is 24.4 Å². The fraction of sp³-hybridized carbons (Fsp3) is 0.308. The number of hydrogen-bond donors (Lipinski definition) is 2. The number of thiazole rings is 1. The highest BCUT2D eigenvalue weighted by molar-refractivity contribution is 7.09. The summed E-state index contributed by atoms with van der Waals surface area (Å²) in [5, 5.41) is 3.33. The van der Waals surface area contributed by atoms with Gasteiger partial charge in [0.15, 0.2) is 0 Å². The van der Waals surface area contributed by atoms with Gasteiger partial charge in [-0.3, -0.25) is 4.98 Å². The summed E-state index contributed by atoms with van der Waals surface area (Å²) in [6, 6.07) is 5.75. The number of nitrogens with zero attached hydrogens (tertiary/aromatic N) is 1. The Bertz CT molecular complexity index is 485. The van der Waals surface area contributed by atoms with Gasteiger partial charge in [0.2, 0.25) is 0 Å². The molecule has 2 rings (SSSR count). The van der Waals surface area contributed by atoms with Crippen molar-refractivity contribution in [2.24, 2.45) is 0 Å². The normalized spacial score (nSPS) is 10.3. The molecule has 2 aromatic rings. The Kier molecular flexibility index (Phi) is 4.41. The van der Waals surface area contributed by atoms with E-state index in [1.54, 1.807) is 11.3 Å². The van der Waals surface area contributed by atoms with Crippen LogP contribution in [-0.4, -0.2) is 11.6 Å². The summed E-state index contributed by atoms with van der Waals surface area (Å²) in [5.74, 6) is 0.742. The van der Waals surface area contributed by atoms with E-state index in [9.17, 15) is 0 Å². The number of nitrogen functional groups attached to an aromatic ring is 1. The second-order valence-corrected chi connectivity index (χ2v) is 4.89. The van der Waals surface area contributed by atoms with Crippen molar-refractivity contribution in [2.45, 2.75) is 19.9 Å². The van der Waals surface area contributed by atoms with E-state index >= 15 is 0 Å². The Hall–Kier alpha value is -1.75. The fourth-order valence-corrected chi connectivity index (χ4v) is 2.03. The third kappa shape index (κ3) is 3.37. The van der Waals surface area contributed by atoms with Crippen LogP contribution in [-0.2, 0) is 6.54 Å². The molecule has 0 radical (unpaired) electrons. The molecule has 0 aliphatic carbocycles. The number of nitrogens with two attached hydrogens (primary N) is 1. The molecule has 1 aromatic heterocycles. The van der Waals surface area contributed by atoms with E-state index in [4.69, 9.17) is 10.5 Å². The zero-order chi connectivity index (χ0) is 12.8. The van der Waals surface area contributed by atoms with Crippen molar-refractivity contribution in [3.8, 4) is 5.75 Å². The van der Waals surface area contributed by atoms with Gasteiger partial charge in [0, 0.05) is 22.8 Å². The lowest BCUT2D eigenvalue weighted by Crippen LogP contribution is -2.02. The Morgan fingerprint density at radius 1 is 1.44 bits per heavy atom. The van der Waals surface area contributed by atoms with E-state index in [1.807, 2.05) is 29.9 Å². The first-order valence-corrected chi connectivity index (χ1v) is 6.81. The van der Waals surface area contributed by atoms with Crippen LogP contribution in [0.2, 0.25) is 0 Å². The van der Waals surface area contributed by atoms with Gasteiger partial charge in [-0.15, -0.1) is 11.3 Å². The summed E-state index contributed by atoms with van der Waals surface area (Å²) >= 11 is 1.63. The van der Waals surface area contributed by atoms with Crippen molar-refractivity contribution in [1.82, 2.24) is 4.98 Å². The second-order valence-electron chi connectivity index (χ2n) is 3.92. The molecular weight excluding hydrogens is 246 g/mol. The predicted octanol–water partition coefficient (Wildman–Crippen LogP) is 3.13. The van der Waals surface area contributed by atoms with Crippen molar-refractivity contribution in [3.05, 3.63) is 34.8 Å². The zero-order valence-corrected chi connectivity index (χ0v) is 11.2. The molecule has 4 nitrogen and oxygen atoms in total.